The minimum atomic E-state index is -0.310. The van der Waals surface area contributed by atoms with Gasteiger partial charge < -0.3 is 4.90 Å². The largest absolute Gasteiger partial charge is 0.340 e. The molecule has 0 radical (unpaired) electrons. The highest BCUT2D eigenvalue weighted by molar-refractivity contribution is 9.13. The van der Waals surface area contributed by atoms with Gasteiger partial charge in [0.1, 0.15) is 5.82 Å². The molecule has 1 fully saturated rings. The molecule has 0 N–H and O–H groups in total. The molecule has 0 aliphatic carbocycles. The molecule has 1 aliphatic heterocycles. The Kier molecular flexibility index (Phi) is 6.25. The second kappa shape index (κ2) is 8.43. The second-order valence-corrected chi connectivity index (χ2v) is 7.88. The lowest BCUT2D eigenvalue weighted by Crippen LogP contribution is -2.48. The summed E-state index contributed by atoms with van der Waals surface area (Å²) in [5.41, 5.74) is 1.70. The lowest BCUT2D eigenvalue weighted by Gasteiger charge is -2.35. The fourth-order valence-electron chi connectivity index (χ4n) is 2.97. The highest BCUT2D eigenvalue weighted by Gasteiger charge is 2.22. The van der Waals surface area contributed by atoms with Crippen LogP contribution in [0.1, 0.15) is 11.1 Å². The van der Waals surface area contributed by atoms with Gasteiger partial charge in [0.25, 0.3) is 0 Å². The van der Waals surface area contributed by atoms with E-state index >= 15 is 0 Å². The lowest BCUT2D eigenvalue weighted by atomic mass is 10.1. The molecular weight excluding hydrogens is 451 g/mol. The molecule has 0 spiro atoms. The van der Waals surface area contributed by atoms with E-state index in [2.05, 4.69) is 48.9 Å². The Balaban J connectivity index is 1.52. The third-order valence-electron chi connectivity index (χ3n) is 4.41. The van der Waals surface area contributed by atoms with Gasteiger partial charge in [0.05, 0.1) is 6.42 Å². The number of carbonyl (C=O) groups excluding carboxylic acids is 1. The van der Waals surface area contributed by atoms with E-state index < -0.39 is 0 Å². The monoisotopic (exact) mass is 468 g/mol. The van der Waals surface area contributed by atoms with Crippen LogP contribution in [-0.4, -0.2) is 41.9 Å². The van der Waals surface area contributed by atoms with Crippen molar-refractivity contribution in [2.24, 2.45) is 0 Å². The van der Waals surface area contributed by atoms with Gasteiger partial charge in [-0.25, -0.2) is 4.39 Å². The average molecular weight is 470 g/mol. The Hall–Kier alpha value is -1.24. The van der Waals surface area contributed by atoms with Crippen LogP contribution in [0.15, 0.2) is 51.4 Å². The normalized spacial score (nSPS) is 15.4. The van der Waals surface area contributed by atoms with E-state index in [1.54, 1.807) is 18.2 Å². The van der Waals surface area contributed by atoms with Crippen LogP contribution >= 0.6 is 31.9 Å². The fraction of sp³-hybridized carbons (Fsp3) is 0.316. The predicted molar refractivity (Wildman–Crippen MR) is 104 cm³/mol. The summed E-state index contributed by atoms with van der Waals surface area (Å²) in [5, 5.41) is 0. The molecule has 0 bridgehead atoms. The molecule has 1 aliphatic rings. The van der Waals surface area contributed by atoms with Gasteiger partial charge in [0.2, 0.25) is 5.91 Å². The number of nitrogens with zero attached hydrogens (tertiary/aromatic N) is 2. The maximum absolute atomic E-state index is 13.7. The summed E-state index contributed by atoms with van der Waals surface area (Å²) in [7, 11) is 0. The van der Waals surface area contributed by atoms with Crippen LogP contribution < -0.4 is 0 Å². The van der Waals surface area contributed by atoms with Crippen LogP contribution in [0.3, 0.4) is 0 Å². The Bertz CT molecular complexity index is 761. The molecular formula is C19H19Br2FN2O. The first kappa shape index (κ1) is 18.5. The third-order valence-corrected chi connectivity index (χ3v) is 6.29. The van der Waals surface area contributed by atoms with E-state index in [-0.39, 0.29) is 18.1 Å². The molecule has 1 heterocycles. The molecule has 0 atom stereocenters. The molecule has 1 amide bonds. The number of hydrogen-bond acceptors (Lipinski definition) is 2. The van der Waals surface area contributed by atoms with Crippen molar-refractivity contribution < 1.29 is 9.18 Å². The first-order valence-electron chi connectivity index (χ1n) is 8.20. The van der Waals surface area contributed by atoms with Gasteiger partial charge >= 0.3 is 0 Å². The molecule has 0 saturated carbocycles. The Morgan fingerprint density at radius 1 is 1.00 bits per heavy atom. The van der Waals surface area contributed by atoms with Crippen molar-refractivity contribution in [3.8, 4) is 0 Å². The minimum Gasteiger partial charge on any atom is -0.340 e. The van der Waals surface area contributed by atoms with Crippen LogP contribution in [0.2, 0.25) is 0 Å². The number of halogens is 3. The molecule has 132 valence electrons. The van der Waals surface area contributed by atoms with Crippen molar-refractivity contribution in [2.75, 3.05) is 26.2 Å². The summed E-state index contributed by atoms with van der Waals surface area (Å²) in [5.74, 6) is -0.313. The highest BCUT2D eigenvalue weighted by atomic mass is 79.9. The first-order valence-corrected chi connectivity index (χ1v) is 9.79. The molecule has 1 saturated heterocycles. The second-order valence-electron chi connectivity index (χ2n) is 6.17. The van der Waals surface area contributed by atoms with Crippen molar-refractivity contribution in [2.45, 2.75) is 13.0 Å². The molecule has 0 unspecified atom stereocenters. The van der Waals surface area contributed by atoms with Crippen molar-refractivity contribution in [1.82, 2.24) is 9.80 Å². The molecule has 25 heavy (non-hydrogen) atoms. The molecule has 0 aromatic heterocycles. The van der Waals surface area contributed by atoms with Crippen LogP contribution in [0.25, 0.3) is 0 Å². The van der Waals surface area contributed by atoms with E-state index in [1.165, 1.54) is 11.6 Å². The fourth-order valence-corrected chi connectivity index (χ4v) is 3.64. The molecule has 6 heteroatoms. The van der Waals surface area contributed by atoms with E-state index in [0.717, 1.165) is 28.6 Å². The number of rotatable bonds is 4. The number of hydrogen-bond donors (Lipinski definition) is 0. The van der Waals surface area contributed by atoms with Crippen LogP contribution in [0.4, 0.5) is 4.39 Å². The average Bonchev–Trinajstić information content (AvgIpc) is 2.61. The standard InChI is InChI=1S/C19H19Br2FN2O/c20-16-6-5-14(11-17(16)21)13-23-7-9-24(10-8-23)19(25)12-15-3-1-2-4-18(15)22/h1-6,11H,7-10,12-13H2. The summed E-state index contributed by atoms with van der Waals surface area (Å²) in [4.78, 5) is 16.6. The van der Waals surface area contributed by atoms with Gasteiger partial charge in [-0.1, -0.05) is 24.3 Å². The van der Waals surface area contributed by atoms with E-state index in [1.807, 2.05) is 11.0 Å². The zero-order valence-electron chi connectivity index (χ0n) is 13.7. The smallest absolute Gasteiger partial charge is 0.227 e. The minimum absolute atomic E-state index is 0.00358. The molecule has 2 aromatic carbocycles. The maximum Gasteiger partial charge on any atom is 0.227 e. The van der Waals surface area contributed by atoms with Crippen molar-refractivity contribution in [1.29, 1.82) is 0 Å². The Morgan fingerprint density at radius 2 is 1.72 bits per heavy atom. The van der Waals surface area contributed by atoms with Crippen molar-refractivity contribution in [3.63, 3.8) is 0 Å². The summed E-state index contributed by atoms with van der Waals surface area (Å²) in [6, 6.07) is 12.7. The lowest BCUT2D eigenvalue weighted by molar-refractivity contribution is -0.132. The number of piperazine rings is 1. The van der Waals surface area contributed by atoms with E-state index in [4.69, 9.17) is 0 Å². The van der Waals surface area contributed by atoms with E-state index in [0.29, 0.717) is 18.7 Å². The third kappa shape index (κ3) is 4.90. The van der Waals surface area contributed by atoms with Gasteiger partial charge in [0.15, 0.2) is 0 Å². The molecule has 2 aromatic rings. The Labute approximate surface area is 164 Å². The van der Waals surface area contributed by atoms with Crippen LogP contribution in [0.5, 0.6) is 0 Å². The number of amides is 1. The SMILES string of the molecule is O=C(Cc1ccccc1F)N1CCN(Cc2ccc(Br)c(Br)c2)CC1. The van der Waals surface area contributed by atoms with E-state index in [9.17, 15) is 9.18 Å². The van der Waals surface area contributed by atoms with Crippen molar-refractivity contribution >= 4 is 37.8 Å². The summed E-state index contributed by atoms with van der Waals surface area (Å²) in [6.45, 7) is 3.89. The summed E-state index contributed by atoms with van der Waals surface area (Å²) < 4.78 is 15.8. The Morgan fingerprint density at radius 3 is 2.40 bits per heavy atom. The van der Waals surface area contributed by atoms with Crippen LogP contribution in [-0.2, 0) is 17.8 Å². The zero-order chi connectivity index (χ0) is 17.8. The maximum atomic E-state index is 13.7. The number of carbonyl (C=O) groups is 1. The summed E-state index contributed by atoms with van der Waals surface area (Å²) in [6.07, 6.45) is 0.131. The molecule has 3 nitrogen and oxygen atoms in total. The number of benzene rings is 2. The first-order chi connectivity index (χ1) is 12.0. The predicted octanol–water partition coefficient (Wildman–Crippen LogP) is 4.24. The van der Waals surface area contributed by atoms with Crippen molar-refractivity contribution in [3.05, 3.63) is 68.4 Å². The topological polar surface area (TPSA) is 23.6 Å². The van der Waals surface area contributed by atoms with Gasteiger partial charge in [-0.2, -0.15) is 0 Å². The highest BCUT2D eigenvalue weighted by Crippen LogP contribution is 2.24. The van der Waals surface area contributed by atoms with Crippen LogP contribution in [0, 0.1) is 5.82 Å². The van der Waals surface area contributed by atoms with Gasteiger partial charge in [0, 0.05) is 41.7 Å². The van der Waals surface area contributed by atoms with Gasteiger partial charge in [-0.15, -0.1) is 0 Å². The zero-order valence-corrected chi connectivity index (χ0v) is 16.9. The summed E-state index contributed by atoms with van der Waals surface area (Å²) >= 11 is 7.01. The van der Waals surface area contributed by atoms with Gasteiger partial charge in [-0.05, 0) is 61.2 Å². The quantitative estimate of drug-likeness (QED) is 0.668. The van der Waals surface area contributed by atoms with Gasteiger partial charge in [-0.3, -0.25) is 9.69 Å². The molecule has 3 rings (SSSR count).